The Labute approximate surface area is 182 Å². The Kier molecular flexibility index (Phi) is 4.12. The Bertz CT molecular complexity index is 985. The van der Waals surface area contributed by atoms with Crippen molar-refractivity contribution in [3.63, 3.8) is 0 Å². The van der Waals surface area contributed by atoms with E-state index in [4.69, 9.17) is 16.3 Å². The molecule has 2 N–H and O–H groups in total. The molecule has 2 fully saturated rings. The molecule has 3 aliphatic carbocycles. The van der Waals surface area contributed by atoms with Crippen molar-refractivity contribution >= 4 is 11.6 Å². The van der Waals surface area contributed by atoms with Crippen LogP contribution in [0.25, 0.3) is 0 Å². The van der Waals surface area contributed by atoms with Gasteiger partial charge in [0, 0.05) is 29.7 Å². The third-order valence-corrected chi connectivity index (χ3v) is 8.72. The first kappa shape index (κ1) is 19.1. The van der Waals surface area contributed by atoms with Crippen molar-refractivity contribution in [2.24, 2.45) is 11.3 Å². The first-order valence-electron chi connectivity index (χ1n) is 11.0. The molecular formula is C25H28ClNO3. The molecule has 5 heteroatoms. The molecule has 0 aromatic heterocycles. The minimum Gasteiger partial charge on any atom is -0.509 e. The number of hydrogen-bond acceptors (Lipinski definition) is 4. The van der Waals surface area contributed by atoms with Gasteiger partial charge in [0.2, 0.25) is 0 Å². The monoisotopic (exact) mass is 425 g/mol. The van der Waals surface area contributed by atoms with Crippen molar-refractivity contribution in [3.05, 3.63) is 70.5 Å². The summed E-state index contributed by atoms with van der Waals surface area (Å²) in [5, 5.41) is 22.6. The van der Waals surface area contributed by atoms with Crippen LogP contribution < -0.4 is 0 Å². The number of benzene rings is 1. The number of aliphatic hydroxyl groups is 2. The summed E-state index contributed by atoms with van der Waals surface area (Å²) in [6.45, 7) is 0.979. The van der Waals surface area contributed by atoms with Crippen LogP contribution in [0, 0.1) is 11.3 Å². The fourth-order valence-electron chi connectivity index (χ4n) is 7.26. The average Bonchev–Trinajstić information content (AvgIpc) is 3.06. The van der Waals surface area contributed by atoms with Gasteiger partial charge in [0.1, 0.15) is 5.76 Å². The molecule has 0 amide bonds. The van der Waals surface area contributed by atoms with E-state index in [1.165, 1.54) is 11.1 Å². The van der Waals surface area contributed by atoms with E-state index >= 15 is 0 Å². The highest BCUT2D eigenvalue weighted by atomic mass is 35.5. The highest BCUT2D eigenvalue weighted by molar-refractivity contribution is 6.19. The molecule has 5 aliphatic rings. The molecule has 6 rings (SSSR count). The van der Waals surface area contributed by atoms with Gasteiger partial charge in [0.15, 0.2) is 5.60 Å². The van der Waals surface area contributed by atoms with Crippen molar-refractivity contribution in [2.45, 2.75) is 49.5 Å². The van der Waals surface area contributed by atoms with E-state index in [0.29, 0.717) is 24.3 Å². The number of aliphatic hydroxyl groups excluding tert-OH is 2. The summed E-state index contributed by atoms with van der Waals surface area (Å²) in [5.74, 6) is 0.879. The number of rotatable bonds is 3. The van der Waals surface area contributed by atoms with Gasteiger partial charge in [-0.25, -0.2) is 0 Å². The van der Waals surface area contributed by atoms with E-state index in [0.717, 1.165) is 36.9 Å². The van der Waals surface area contributed by atoms with Gasteiger partial charge in [-0.15, -0.1) is 11.6 Å². The highest BCUT2D eigenvalue weighted by Gasteiger charge is 2.71. The Balaban J connectivity index is 1.61. The average molecular weight is 426 g/mol. The number of piperidine rings is 1. The van der Waals surface area contributed by atoms with E-state index in [1.807, 2.05) is 24.3 Å². The molecule has 0 radical (unpaired) electrons. The second kappa shape index (κ2) is 6.46. The quantitative estimate of drug-likeness (QED) is 0.572. The molecule has 158 valence electrons. The molecule has 1 unspecified atom stereocenters. The smallest absolute Gasteiger partial charge is 0.151 e. The van der Waals surface area contributed by atoms with Gasteiger partial charge >= 0.3 is 0 Å². The second-order valence-electron chi connectivity index (χ2n) is 9.71. The normalized spacial score (nSPS) is 42.0. The van der Waals surface area contributed by atoms with Crippen LogP contribution >= 0.6 is 11.6 Å². The number of allylic oxidation sites excluding steroid dienone is 1. The number of ether oxygens (including phenoxy) is 1. The summed E-state index contributed by atoms with van der Waals surface area (Å²) in [5.41, 5.74) is 3.44. The van der Waals surface area contributed by atoms with E-state index in [2.05, 4.69) is 30.2 Å². The van der Waals surface area contributed by atoms with Gasteiger partial charge in [0.05, 0.1) is 12.2 Å². The molecule has 1 aromatic carbocycles. The van der Waals surface area contributed by atoms with Crippen molar-refractivity contribution in [1.29, 1.82) is 0 Å². The van der Waals surface area contributed by atoms with E-state index in [1.54, 1.807) is 0 Å². The van der Waals surface area contributed by atoms with Crippen LogP contribution in [-0.2, 0) is 11.2 Å². The van der Waals surface area contributed by atoms with Gasteiger partial charge in [0.25, 0.3) is 0 Å². The molecule has 2 saturated heterocycles. The summed E-state index contributed by atoms with van der Waals surface area (Å²) in [7, 11) is 2.21. The zero-order valence-corrected chi connectivity index (χ0v) is 18.0. The topological polar surface area (TPSA) is 52.9 Å². The number of alkyl halides is 1. The van der Waals surface area contributed by atoms with Crippen LogP contribution in [0.2, 0.25) is 0 Å². The van der Waals surface area contributed by atoms with Crippen molar-refractivity contribution < 1.29 is 14.9 Å². The largest absolute Gasteiger partial charge is 0.509 e. The molecule has 30 heavy (non-hydrogen) atoms. The van der Waals surface area contributed by atoms with Crippen LogP contribution in [0.4, 0.5) is 0 Å². The summed E-state index contributed by atoms with van der Waals surface area (Å²) in [4.78, 5) is 2.47. The Morgan fingerprint density at radius 2 is 2.03 bits per heavy atom. The summed E-state index contributed by atoms with van der Waals surface area (Å²) < 4.78 is 6.87. The Morgan fingerprint density at radius 3 is 2.80 bits per heavy atom. The van der Waals surface area contributed by atoms with Crippen LogP contribution in [0.15, 0.2) is 65.0 Å². The maximum absolute atomic E-state index is 11.6. The summed E-state index contributed by atoms with van der Waals surface area (Å²) in [6.07, 6.45) is 6.34. The molecule has 6 atom stereocenters. The van der Waals surface area contributed by atoms with Gasteiger partial charge in [-0.3, -0.25) is 0 Å². The Morgan fingerprint density at radius 1 is 1.23 bits per heavy atom. The third kappa shape index (κ3) is 2.23. The minimum atomic E-state index is -0.921. The van der Waals surface area contributed by atoms with Crippen molar-refractivity contribution in [2.75, 3.05) is 19.5 Å². The van der Waals surface area contributed by atoms with Gasteiger partial charge in [-0.1, -0.05) is 48.1 Å². The molecule has 2 aliphatic heterocycles. The fourth-order valence-corrected chi connectivity index (χ4v) is 7.49. The highest BCUT2D eigenvalue weighted by Crippen LogP contribution is 2.68. The summed E-state index contributed by atoms with van der Waals surface area (Å²) >= 11 is 6.33. The molecular weight excluding hydrogens is 398 g/mol. The van der Waals surface area contributed by atoms with Crippen molar-refractivity contribution in [1.82, 2.24) is 4.90 Å². The molecule has 1 spiro atoms. The lowest BCUT2D eigenvalue weighted by Crippen LogP contribution is -2.62. The lowest BCUT2D eigenvalue weighted by Gasteiger charge is -2.58. The molecule has 2 bridgehead atoms. The zero-order valence-electron chi connectivity index (χ0n) is 17.2. The molecule has 4 nitrogen and oxygen atoms in total. The van der Waals surface area contributed by atoms with Crippen LogP contribution in [0.5, 0.6) is 0 Å². The van der Waals surface area contributed by atoms with E-state index < -0.39 is 11.7 Å². The number of halogens is 1. The van der Waals surface area contributed by atoms with Crippen LogP contribution in [0.1, 0.15) is 24.8 Å². The maximum Gasteiger partial charge on any atom is 0.151 e. The van der Waals surface area contributed by atoms with Crippen LogP contribution in [-0.4, -0.2) is 58.4 Å². The fraction of sp³-hybridized carbons (Fsp3) is 0.520. The molecule has 2 heterocycles. The van der Waals surface area contributed by atoms with E-state index in [9.17, 15) is 10.2 Å². The SMILES string of the molecule is CN1CC[C@]23C4=C5CC(CCl)=C(O)C4(Cc4ccccc4)O[C@H]2[C@@H](O)C=C[C@H]3[C@H]1C5. The predicted molar refractivity (Wildman–Crippen MR) is 116 cm³/mol. The standard InChI is InChI=1S/C25H28ClNO3/c1-27-10-9-24-18-7-8-20(28)23(24)30-25(13-15-5-3-2-4-6-15)21(24)16(12-19(18)27)11-17(14-26)22(25)29/h2-8,18-20,23,28-29H,9-14H2,1H3/t18-,19+,20-,23-,24-,25?/m0/s1. The summed E-state index contributed by atoms with van der Waals surface area (Å²) in [6, 6.07) is 10.6. The molecule has 1 aromatic rings. The lowest BCUT2D eigenvalue weighted by atomic mass is 9.49. The first-order chi connectivity index (χ1) is 14.5. The van der Waals surface area contributed by atoms with Gasteiger partial charge in [-0.2, -0.15) is 0 Å². The van der Waals surface area contributed by atoms with Gasteiger partial charge < -0.3 is 19.8 Å². The maximum atomic E-state index is 11.6. The Hall–Kier alpha value is -1.59. The van der Waals surface area contributed by atoms with Crippen molar-refractivity contribution in [3.8, 4) is 0 Å². The third-order valence-electron chi connectivity index (χ3n) is 8.40. The number of hydrogen-bond donors (Lipinski definition) is 2. The number of nitrogens with zero attached hydrogens (tertiary/aromatic N) is 1. The second-order valence-corrected chi connectivity index (χ2v) is 9.98. The van der Waals surface area contributed by atoms with Gasteiger partial charge in [-0.05, 0) is 49.6 Å². The first-order valence-corrected chi connectivity index (χ1v) is 11.5. The molecule has 0 saturated carbocycles. The zero-order chi connectivity index (χ0) is 20.7. The number of likely N-dealkylation sites (tertiary alicyclic amines) is 1. The van der Waals surface area contributed by atoms with E-state index in [-0.39, 0.29) is 17.3 Å². The predicted octanol–water partition coefficient (Wildman–Crippen LogP) is 3.76. The lowest BCUT2D eigenvalue weighted by molar-refractivity contribution is -0.119. The van der Waals surface area contributed by atoms with Crippen LogP contribution in [0.3, 0.4) is 0 Å². The minimum absolute atomic E-state index is 0.250.